The van der Waals surface area contributed by atoms with Crippen LogP contribution in [0.2, 0.25) is 0 Å². The SMILES string of the molecule is ClCc1nnc(C2CCN(c3ncccn3)CC2)o1. The second kappa shape index (κ2) is 5.52. The summed E-state index contributed by atoms with van der Waals surface area (Å²) in [5.74, 6) is 2.55. The van der Waals surface area contributed by atoms with E-state index in [4.69, 9.17) is 16.0 Å². The van der Waals surface area contributed by atoms with E-state index in [1.165, 1.54) is 0 Å². The number of alkyl halides is 1. The Morgan fingerprint density at radius 3 is 2.58 bits per heavy atom. The van der Waals surface area contributed by atoms with Crippen LogP contribution >= 0.6 is 11.6 Å². The Morgan fingerprint density at radius 1 is 1.21 bits per heavy atom. The van der Waals surface area contributed by atoms with E-state index in [1.807, 2.05) is 6.07 Å². The molecule has 0 spiro atoms. The highest BCUT2D eigenvalue weighted by molar-refractivity contribution is 6.16. The van der Waals surface area contributed by atoms with Gasteiger partial charge in [0.15, 0.2) is 0 Å². The largest absolute Gasteiger partial charge is 0.424 e. The highest BCUT2D eigenvalue weighted by atomic mass is 35.5. The maximum Gasteiger partial charge on any atom is 0.231 e. The molecule has 6 nitrogen and oxygen atoms in total. The molecule has 0 N–H and O–H groups in total. The van der Waals surface area contributed by atoms with E-state index in [0.29, 0.717) is 17.7 Å². The van der Waals surface area contributed by atoms with Crippen LogP contribution in [-0.4, -0.2) is 33.3 Å². The van der Waals surface area contributed by atoms with Crippen LogP contribution in [0, 0.1) is 0 Å². The van der Waals surface area contributed by atoms with E-state index in [2.05, 4.69) is 25.1 Å². The quantitative estimate of drug-likeness (QED) is 0.800. The van der Waals surface area contributed by atoms with Crippen molar-refractivity contribution in [3.05, 3.63) is 30.2 Å². The maximum atomic E-state index is 5.66. The molecule has 2 aromatic rings. The van der Waals surface area contributed by atoms with Crippen LogP contribution in [0.3, 0.4) is 0 Å². The molecule has 7 heteroatoms. The normalized spacial score (nSPS) is 16.8. The van der Waals surface area contributed by atoms with Gasteiger partial charge in [-0.3, -0.25) is 0 Å². The maximum absolute atomic E-state index is 5.66. The summed E-state index contributed by atoms with van der Waals surface area (Å²) in [6.07, 6.45) is 5.45. The van der Waals surface area contributed by atoms with Crippen LogP contribution in [-0.2, 0) is 5.88 Å². The van der Waals surface area contributed by atoms with E-state index in [-0.39, 0.29) is 5.88 Å². The Balaban J connectivity index is 1.63. The van der Waals surface area contributed by atoms with Gasteiger partial charge in [0.1, 0.15) is 5.88 Å². The first-order valence-corrected chi connectivity index (χ1v) is 6.80. The minimum atomic E-state index is 0.268. The van der Waals surface area contributed by atoms with Gasteiger partial charge in [-0.1, -0.05) is 0 Å². The Kier molecular flexibility index (Phi) is 3.59. The molecule has 1 aliphatic rings. The second-order valence-electron chi connectivity index (χ2n) is 4.48. The fourth-order valence-corrected chi connectivity index (χ4v) is 2.37. The fourth-order valence-electron chi connectivity index (χ4n) is 2.27. The van der Waals surface area contributed by atoms with Gasteiger partial charge >= 0.3 is 0 Å². The third kappa shape index (κ3) is 2.68. The van der Waals surface area contributed by atoms with Crippen LogP contribution < -0.4 is 4.90 Å². The van der Waals surface area contributed by atoms with Crippen molar-refractivity contribution in [2.75, 3.05) is 18.0 Å². The van der Waals surface area contributed by atoms with Gasteiger partial charge in [-0.15, -0.1) is 21.8 Å². The number of piperidine rings is 1. The van der Waals surface area contributed by atoms with E-state index < -0.39 is 0 Å². The van der Waals surface area contributed by atoms with Crippen LogP contribution in [0.25, 0.3) is 0 Å². The Morgan fingerprint density at radius 2 is 1.95 bits per heavy atom. The topological polar surface area (TPSA) is 67.9 Å². The van der Waals surface area contributed by atoms with E-state index in [0.717, 1.165) is 31.9 Å². The average Bonchev–Trinajstić information content (AvgIpc) is 2.97. The molecule has 3 rings (SSSR count). The molecule has 0 unspecified atom stereocenters. The van der Waals surface area contributed by atoms with E-state index in [9.17, 15) is 0 Å². The van der Waals surface area contributed by atoms with Crippen molar-refractivity contribution >= 4 is 17.5 Å². The Bertz CT molecular complexity index is 524. The van der Waals surface area contributed by atoms with Crippen molar-refractivity contribution in [2.45, 2.75) is 24.6 Å². The molecule has 0 aromatic carbocycles. The lowest BCUT2D eigenvalue weighted by Gasteiger charge is -2.30. The van der Waals surface area contributed by atoms with Crippen molar-refractivity contribution in [1.82, 2.24) is 20.2 Å². The fraction of sp³-hybridized carbons (Fsp3) is 0.500. The minimum absolute atomic E-state index is 0.268. The van der Waals surface area contributed by atoms with Gasteiger partial charge < -0.3 is 9.32 Å². The molecule has 100 valence electrons. The molecule has 0 atom stereocenters. The molecule has 0 aliphatic carbocycles. The molecule has 1 saturated heterocycles. The third-order valence-corrected chi connectivity index (χ3v) is 3.50. The Labute approximate surface area is 115 Å². The van der Waals surface area contributed by atoms with Gasteiger partial charge in [-0.05, 0) is 18.9 Å². The lowest BCUT2D eigenvalue weighted by atomic mass is 9.97. The summed E-state index contributed by atoms with van der Waals surface area (Å²) < 4.78 is 5.51. The molecule has 0 amide bonds. The standard InChI is InChI=1S/C12H14ClN5O/c13-8-10-16-17-11(19-10)9-2-6-18(7-3-9)12-14-4-1-5-15-12/h1,4-5,9H,2-3,6-8H2. The van der Waals surface area contributed by atoms with Gasteiger partial charge in [0.25, 0.3) is 0 Å². The monoisotopic (exact) mass is 279 g/mol. The molecule has 3 heterocycles. The van der Waals surface area contributed by atoms with E-state index in [1.54, 1.807) is 12.4 Å². The molecule has 1 fully saturated rings. The van der Waals surface area contributed by atoms with Crippen LogP contribution in [0.15, 0.2) is 22.9 Å². The predicted octanol–water partition coefficient (Wildman–Crippen LogP) is 1.98. The number of aromatic nitrogens is 4. The van der Waals surface area contributed by atoms with Crippen LogP contribution in [0.4, 0.5) is 5.95 Å². The number of hydrogen-bond donors (Lipinski definition) is 0. The molecule has 1 aliphatic heterocycles. The summed E-state index contributed by atoms with van der Waals surface area (Å²) in [5, 5.41) is 7.96. The van der Waals surface area contributed by atoms with Crippen LogP contribution in [0.1, 0.15) is 30.5 Å². The summed E-state index contributed by atoms with van der Waals surface area (Å²) >= 11 is 5.66. The van der Waals surface area contributed by atoms with Crippen molar-refractivity contribution < 1.29 is 4.42 Å². The summed E-state index contributed by atoms with van der Waals surface area (Å²) in [5.41, 5.74) is 0. The summed E-state index contributed by atoms with van der Waals surface area (Å²) in [7, 11) is 0. The Hall–Kier alpha value is -1.69. The van der Waals surface area contributed by atoms with Crippen molar-refractivity contribution in [3.63, 3.8) is 0 Å². The van der Waals surface area contributed by atoms with Crippen LogP contribution in [0.5, 0.6) is 0 Å². The molecule has 0 saturated carbocycles. The van der Waals surface area contributed by atoms with Gasteiger partial charge in [-0.25, -0.2) is 9.97 Å². The van der Waals surface area contributed by atoms with Gasteiger partial charge in [0.05, 0.1) is 0 Å². The first-order chi connectivity index (χ1) is 9.36. The lowest BCUT2D eigenvalue weighted by Crippen LogP contribution is -2.34. The van der Waals surface area contributed by atoms with Gasteiger partial charge in [0.2, 0.25) is 17.7 Å². The zero-order chi connectivity index (χ0) is 13.1. The first kappa shape index (κ1) is 12.3. The van der Waals surface area contributed by atoms with E-state index >= 15 is 0 Å². The van der Waals surface area contributed by atoms with Crippen molar-refractivity contribution in [2.24, 2.45) is 0 Å². The minimum Gasteiger partial charge on any atom is -0.424 e. The molecule has 19 heavy (non-hydrogen) atoms. The zero-order valence-electron chi connectivity index (χ0n) is 10.4. The lowest BCUT2D eigenvalue weighted by molar-refractivity contribution is 0.380. The van der Waals surface area contributed by atoms with Crippen molar-refractivity contribution in [1.29, 1.82) is 0 Å². The number of rotatable bonds is 3. The second-order valence-corrected chi connectivity index (χ2v) is 4.75. The molecule has 0 radical (unpaired) electrons. The predicted molar refractivity (Wildman–Crippen MR) is 70.1 cm³/mol. The highest BCUT2D eigenvalue weighted by Gasteiger charge is 2.25. The number of nitrogens with zero attached hydrogens (tertiary/aromatic N) is 5. The van der Waals surface area contributed by atoms with Gasteiger partial charge in [0, 0.05) is 31.4 Å². The number of hydrogen-bond acceptors (Lipinski definition) is 6. The average molecular weight is 280 g/mol. The molecule has 0 bridgehead atoms. The summed E-state index contributed by atoms with van der Waals surface area (Å²) in [4.78, 5) is 10.7. The number of halogens is 1. The third-order valence-electron chi connectivity index (χ3n) is 3.28. The van der Waals surface area contributed by atoms with Crippen molar-refractivity contribution in [3.8, 4) is 0 Å². The smallest absolute Gasteiger partial charge is 0.231 e. The van der Waals surface area contributed by atoms with Gasteiger partial charge in [-0.2, -0.15) is 0 Å². The number of anilines is 1. The highest BCUT2D eigenvalue weighted by Crippen LogP contribution is 2.28. The molecular weight excluding hydrogens is 266 g/mol. The summed E-state index contributed by atoms with van der Waals surface area (Å²) in [6, 6.07) is 1.82. The zero-order valence-corrected chi connectivity index (χ0v) is 11.1. The molecular formula is C12H14ClN5O. The first-order valence-electron chi connectivity index (χ1n) is 6.27. The molecule has 2 aromatic heterocycles. The summed E-state index contributed by atoms with van der Waals surface area (Å²) in [6.45, 7) is 1.79.